The van der Waals surface area contributed by atoms with Crippen LogP contribution in [0.2, 0.25) is 0 Å². The molecule has 0 aromatic carbocycles. The van der Waals surface area contributed by atoms with Gasteiger partial charge in [0.05, 0.1) is 5.92 Å². The van der Waals surface area contributed by atoms with Crippen molar-refractivity contribution in [3.8, 4) is 0 Å². The van der Waals surface area contributed by atoms with Gasteiger partial charge in [-0.1, -0.05) is 27.7 Å². The second kappa shape index (κ2) is 6.71. The van der Waals surface area contributed by atoms with Gasteiger partial charge < -0.3 is 16.0 Å². The summed E-state index contributed by atoms with van der Waals surface area (Å²) in [4.78, 5) is 14.5. The molecule has 1 aliphatic rings. The van der Waals surface area contributed by atoms with Gasteiger partial charge in [-0.05, 0) is 37.3 Å². The van der Waals surface area contributed by atoms with E-state index in [1.54, 1.807) is 0 Å². The van der Waals surface area contributed by atoms with Crippen molar-refractivity contribution in [3.63, 3.8) is 0 Å². The molecule has 112 valence electrons. The minimum absolute atomic E-state index is 0.0675. The fraction of sp³-hybridized carbons (Fsp3) is 0.933. The first kappa shape index (κ1) is 16.4. The van der Waals surface area contributed by atoms with Crippen molar-refractivity contribution < 1.29 is 4.79 Å². The Morgan fingerprint density at radius 2 is 2.11 bits per heavy atom. The van der Waals surface area contributed by atoms with Gasteiger partial charge >= 0.3 is 0 Å². The molecule has 0 saturated carbocycles. The van der Waals surface area contributed by atoms with E-state index in [1.807, 2.05) is 13.8 Å². The summed E-state index contributed by atoms with van der Waals surface area (Å²) in [6.07, 6.45) is 1.23. The van der Waals surface area contributed by atoms with Crippen LogP contribution in [0.15, 0.2) is 0 Å². The third-order valence-electron chi connectivity index (χ3n) is 4.61. The fourth-order valence-electron chi connectivity index (χ4n) is 2.85. The maximum absolute atomic E-state index is 12.1. The second-order valence-electron chi connectivity index (χ2n) is 7.04. The second-order valence-corrected chi connectivity index (χ2v) is 7.04. The van der Waals surface area contributed by atoms with Crippen LogP contribution in [0.5, 0.6) is 0 Å². The molecule has 19 heavy (non-hydrogen) atoms. The van der Waals surface area contributed by atoms with Gasteiger partial charge in [0.1, 0.15) is 0 Å². The van der Waals surface area contributed by atoms with E-state index in [0.717, 1.165) is 13.1 Å². The lowest BCUT2D eigenvalue weighted by Crippen LogP contribution is -2.44. The molecule has 0 bridgehead atoms. The van der Waals surface area contributed by atoms with E-state index in [4.69, 9.17) is 5.73 Å². The predicted molar refractivity (Wildman–Crippen MR) is 79.8 cm³/mol. The zero-order valence-electron chi connectivity index (χ0n) is 13.2. The molecule has 2 unspecified atom stereocenters. The number of hydrogen-bond donors (Lipinski definition) is 2. The normalized spacial score (nSPS) is 22.8. The molecule has 1 saturated heterocycles. The summed E-state index contributed by atoms with van der Waals surface area (Å²) < 4.78 is 0. The molecule has 3 N–H and O–H groups in total. The van der Waals surface area contributed by atoms with Crippen LogP contribution in [-0.2, 0) is 4.79 Å². The van der Waals surface area contributed by atoms with Crippen molar-refractivity contribution >= 4 is 5.91 Å². The molecular weight excluding hydrogens is 238 g/mol. The van der Waals surface area contributed by atoms with E-state index >= 15 is 0 Å². The molecule has 0 spiro atoms. The highest BCUT2D eigenvalue weighted by Crippen LogP contribution is 2.33. The third-order valence-corrected chi connectivity index (χ3v) is 4.61. The molecule has 0 radical (unpaired) electrons. The Balaban J connectivity index is 2.48. The summed E-state index contributed by atoms with van der Waals surface area (Å²) in [6, 6.07) is 0. The highest BCUT2D eigenvalue weighted by Gasteiger charge is 2.34. The lowest BCUT2D eigenvalue weighted by molar-refractivity contribution is -0.126. The van der Waals surface area contributed by atoms with Gasteiger partial charge in [0.15, 0.2) is 0 Å². The largest absolute Gasteiger partial charge is 0.355 e. The number of hydrogen-bond acceptors (Lipinski definition) is 3. The number of nitrogens with one attached hydrogen (secondary N) is 1. The van der Waals surface area contributed by atoms with Gasteiger partial charge in [0.2, 0.25) is 5.91 Å². The van der Waals surface area contributed by atoms with Gasteiger partial charge in [0, 0.05) is 19.6 Å². The highest BCUT2D eigenvalue weighted by atomic mass is 16.1. The van der Waals surface area contributed by atoms with Crippen molar-refractivity contribution in [2.75, 3.05) is 33.2 Å². The lowest BCUT2D eigenvalue weighted by atomic mass is 9.78. The van der Waals surface area contributed by atoms with Crippen LogP contribution in [0.3, 0.4) is 0 Å². The average molecular weight is 269 g/mol. The standard InChI is InChI=1S/C15H31N3O/c1-11(2)13(8-16)14(19)17-10-15(3,4)12-6-7-18(5)9-12/h11-13H,6-10,16H2,1-5H3,(H,17,19). The number of nitrogens with two attached hydrogens (primary N) is 1. The molecule has 1 aliphatic heterocycles. The van der Waals surface area contributed by atoms with Crippen molar-refractivity contribution in [3.05, 3.63) is 0 Å². The molecule has 1 fully saturated rings. The maximum atomic E-state index is 12.1. The molecular formula is C15H31N3O. The van der Waals surface area contributed by atoms with E-state index in [2.05, 4.69) is 31.1 Å². The van der Waals surface area contributed by atoms with Crippen LogP contribution in [0.1, 0.15) is 34.1 Å². The minimum Gasteiger partial charge on any atom is -0.355 e. The van der Waals surface area contributed by atoms with Gasteiger partial charge in [-0.25, -0.2) is 0 Å². The van der Waals surface area contributed by atoms with Crippen LogP contribution in [0, 0.1) is 23.2 Å². The molecule has 0 aromatic heterocycles. The first-order valence-electron chi connectivity index (χ1n) is 7.44. The minimum atomic E-state index is -0.0675. The number of carbonyl (C=O) groups excluding carboxylic acids is 1. The van der Waals surface area contributed by atoms with E-state index < -0.39 is 0 Å². The molecule has 0 aliphatic carbocycles. The summed E-state index contributed by atoms with van der Waals surface area (Å²) in [6.45, 7) is 12.1. The molecule has 0 aromatic rings. The summed E-state index contributed by atoms with van der Waals surface area (Å²) in [5.74, 6) is 0.998. The van der Waals surface area contributed by atoms with Crippen molar-refractivity contribution in [1.82, 2.24) is 10.2 Å². The monoisotopic (exact) mass is 269 g/mol. The van der Waals surface area contributed by atoms with Crippen molar-refractivity contribution in [2.24, 2.45) is 28.9 Å². The van der Waals surface area contributed by atoms with Crippen molar-refractivity contribution in [2.45, 2.75) is 34.1 Å². The van der Waals surface area contributed by atoms with Crippen LogP contribution >= 0.6 is 0 Å². The van der Waals surface area contributed by atoms with Gasteiger partial charge in [0.25, 0.3) is 0 Å². The van der Waals surface area contributed by atoms with Crippen LogP contribution in [-0.4, -0.2) is 44.0 Å². The Morgan fingerprint density at radius 1 is 1.47 bits per heavy atom. The van der Waals surface area contributed by atoms with Crippen LogP contribution in [0.25, 0.3) is 0 Å². The average Bonchev–Trinajstić information content (AvgIpc) is 2.74. The van der Waals surface area contributed by atoms with Crippen molar-refractivity contribution in [1.29, 1.82) is 0 Å². The molecule has 1 heterocycles. The summed E-state index contributed by atoms with van der Waals surface area (Å²) in [5, 5.41) is 3.11. The third kappa shape index (κ3) is 4.46. The summed E-state index contributed by atoms with van der Waals surface area (Å²) in [5.41, 5.74) is 5.84. The Labute approximate surface area is 118 Å². The van der Waals surface area contributed by atoms with Gasteiger partial charge in [-0.15, -0.1) is 0 Å². The van der Waals surface area contributed by atoms with E-state index in [9.17, 15) is 4.79 Å². The Kier molecular flexibility index (Phi) is 5.81. The summed E-state index contributed by atoms with van der Waals surface area (Å²) >= 11 is 0. The van der Waals surface area contributed by atoms with E-state index in [-0.39, 0.29) is 17.2 Å². The topological polar surface area (TPSA) is 58.4 Å². The molecule has 4 nitrogen and oxygen atoms in total. The van der Waals surface area contributed by atoms with Crippen LogP contribution in [0.4, 0.5) is 0 Å². The Bertz CT molecular complexity index is 302. The fourth-order valence-corrected chi connectivity index (χ4v) is 2.85. The molecule has 4 heteroatoms. The molecule has 1 rings (SSSR count). The summed E-state index contributed by atoms with van der Waals surface area (Å²) in [7, 11) is 2.16. The molecule has 2 atom stereocenters. The first-order chi connectivity index (χ1) is 8.77. The van der Waals surface area contributed by atoms with E-state index in [0.29, 0.717) is 18.4 Å². The Hall–Kier alpha value is -0.610. The van der Waals surface area contributed by atoms with Crippen LogP contribution < -0.4 is 11.1 Å². The zero-order chi connectivity index (χ0) is 14.6. The smallest absolute Gasteiger partial charge is 0.224 e. The number of nitrogens with zero attached hydrogens (tertiary/aromatic N) is 1. The maximum Gasteiger partial charge on any atom is 0.224 e. The highest BCUT2D eigenvalue weighted by molar-refractivity contribution is 5.79. The SMILES string of the molecule is CC(C)C(CN)C(=O)NCC(C)(C)C1CCN(C)C1. The zero-order valence-corrected chi connectivity index (χ0v) is 13.2. The number of amides is 1. The van der Waals surface area contributed by atoms with Gasteiger partial charge in [-0.2, -0.15) is 0 Å². The first-order valence-corrected chi connectivity index (χ1v) is 7.44. The van der Waals surface area contributed by atoms with E-state index in [1.165, 1.54) is 13.0 Å². The lowest BCUT2D eigenvalue weighted by Gasteiger charge is -2.32. The predicted octanol–water partition coefficient (Wildman–Crippen LogP) is 1.31. The quantitative estimate of drug-likeness (QED) is 0.764. The Morgan fingerprint density at radius 3 is 2.53 bits per heavy atom. The molecule has 1 amide bonds. The number of rotatable bonds is 6. The van der Waals surface area contributed by atoms with Gasteiger partial charge in [-0.3, -0.25) is 4.79 Å². The number of likely N-dealkylation sites (tertiary alicyclic amines) is 1. The number of carbonyl (C=O) groups is 1.